The number of hydrogen-bond donors (Lipinski definition) is 1. The monoisotopic (exact) mass is 414 g/mol. The van der Waals surface area contributed by atoms with Gasteiger partial charge in [0.15, 0.2) is 5.82 Å². The lowest BCUT2D eigenvalue weighted by Crippen LogP contribution is -2.40. The van der Waals surface area contributed by atoms with Gasteiger partial charge < -0.3 is 15.1 Å². The van der Waals surface area contributed by atoms with Crippen LogP contribution in [0.1, 0.15) is 64.7 Å². The maximum atomic E-state index is 13.2. The first-order valence-corrected chi connectivity index (χ1v) is 10.9. The highest BCUT2D eigenvalue weighted by Crippen LogP contribution is 2.34. The molecule has 0 bridgehead atoms. The fraction of sp³-hybridized carbons (Fsp3) is 0.550. The first-order chi connectivity index (χ1) is 14.0. The average Bonchev–Trinajstić information content (AvgIpc) is 3.17. The van der Waals surface area contributed by atoms with Crippen molar-refractivity contribution in [3.63, 3.8) is 0 Å². The van der Waals surface area contributed by atoms with Crippen molar-refractivity contribution in [3.05, 3.63) is 33.2 Å². The van der Waals surface area contributed by atoms with Crippen molar-refractivity contribution in [1.29, 1.82) is 0 Å². The third-order valence-electron chi connectivity index (χ3n) is 5.76. The summed E-state index contributed by atoms with van der Waals surface area (Å²) in [5.41, 5.74) is 4.45. The highest BCUT2D eigenvalue weighted by molar-refractivity contribution is 7.11. The van der Waals surface area contributed by atoms with E-state index >= 15 is 0 Å². The molecule has 4 heterocycles. The van der Waals surface area contributed by atoms with Gasteiger partial charge in [-0.25, -0.2) is 15.0 Å². The van der Waals surface area contributed by atoms with E-state index in [9.17, 15) is 9.59 Å². The highest BCUT2D eigenvalue weighted by Gasteiger charge is 2.34. The van der Waals surface area contributed by atoms with Crippen LogP contribution in [0.2, 0.25) is 0 Å². The SMILES string of the molecule is CNc1nc([C@H]2CCCCN2C(=O)c2scnc2C)nc2c1CN(C(C)=O)CC2. The van der Waals surface area contributed by atoms with Gasteiger partial charge in [0.2, 0.25) is 5.91 Å². The number of fused-ring (bicyclic) bond motifs is 1. The molecular formula is C20H26N6O2S. The Morgan fingerprint density at radius 1 is 1.24 bits per heavy atom. The second-order valence-corrected chi connectivity index (χ2v) is 8.43. The summed E-state index contributed by atoms with van der Waals surface area (Å²) >= 11 is 1.39. The summed E-state index contributed by atoms with van der Waals surface area (Å²) in [5, 5.41) is 3.17. The van der Waals surface area contributed by atoms with E-state index in [0.717, 1.165) is 42.0 Å². The second kappa shape index (κ2) is 8.06. The molecule has 0 radical (unpaired) electrons. The van der Waals surface area contributed by atoms with E-state index in [1.807, 2.05) is 23.8 Å². The number of aromatic nitrogens is 3. The van der Waals surface area contributed by atoms with E-state index in [4.69, 9.17) is 9.97 Å². The molecule has 2 aliphatic heterocycles. The minimum absolute atomic E-state index is 0.0183. The number of anilines is 1. The molecule has 2 aromatic rings. The van der Waals surface area contributed by atoms with Crippen LogP contribution in [0.25, 0.3) is 0 Å². The number of nitrogens with zero attached hydrogens (tertiary/aromatic N) is 5. The van der Waals surface area contributed by atoms with Crippen molar-refractivity contribution >= 4 is 29.0 Å². The number of hydrogen-bond acceptors (Lipinski definition) is 7. The lowest BCUT2D eigenvalue weighted by atomic mass is 9.99. The van der Waals surface area contributed by atoms with Crippen LogP contribution in [-0.4, -0.2) is 56.7 Å². The summed E-state index contributed by atoms with van der Waals surface area (Å²) in [6.45, 7) is 5.35. The fourth-order valence-electron chi connectivity index (χ4n) is 4.14. The third kappa shape index (κ3) is 3.71. The number of thiazole rings is 1. The van der Waals surface area contributed by atoms with Crippen LogP contribution in [0.3, 0.4) is 0 Å². The quantitative estimate of drug-likeness (QED) is 0.830. The summed E-state index contributed by atoms with van der Waals surface area (Å²) in [4.78, 5) is 43.3. The van der Waals surface area contributed by atoms with Gasteiger partial charge in [0.05, 0.1) is 29.5 Å². The molecule has 0 aromatic carbocycles. The second-order valence-electron chi connectivity index (χ2n) is 7.57. The van der Waals surface area contributed by atoms with Gasteiger partial charge in [0.1, 0.15) is 10.7 Å². The fourth-order valence-corrected chi connectivity index (χ4v) is 4.90. The topological polar surface area (TPSA) is 91.3 Å². The summed E-state index contributed by atoms with van der Waals surface area (Å²) in [6.07, 6.45) is 3.58. The van der Waals surface area contributed by atoms with Gasteiger partial charge in [-0.15, -0.1) is 11.3 Å². The normalized spacial score (nSPS) is 19.1. The first kappa shape index (κ1) is 19.8. The molecule has 8 nitrogen and oxygen atoms in total. The summed E-state index contributed by atoms with van der Waals surface area (Å²) in [5.74, 6) is 1.53. The number of rotatable bonds is 3. The molecule has 0 spiro atoms. The van der Waals surface area contributed by atoms with Gasteiger partial charge in [0, 0.05) is 39.0 Å². The van der Waals surface area contributed by atoms with Crippen LogP contribution >= 0.6 is 11.3 Å². The van der Waals surface area contributed by atoms with Crippen molar-refractivity contribution < 1.29 is 9.59 Å². The van der Waals surface area contributed by atoms with E-state index in [0.29, 0.717) is 36.8 Å². The summed E-state index contributed by atoms with van der Waals surface area (Å²) in [7, 11) is 1.84. The molecule has 0 saturated carbocycles. The van der Waals surface area contributed by atoms with Gasteiger partial charge in [-0.3, -0.25) is 9.59 Å². The summed E-state index contributed by atoms with van der Waals surface area (Å²) < 4.78 is 0. The lowest BCUT2D eigenvalue weighted by Gasteiger charge is -2.36. The Bertz CT molecular complexity index is 926. The zero-order valence-corrected chi connectivity index (χ0v) is 17.9. The van der Waals surface area contributed by atoms with Crippen LogP contribution in [0, 0.1) is 6.92 Å². The Morgan fingerprint density at radius 2 is 2.07 bits per heavy atom. The van der Waals surface area contributed by atoms with Crippen molar-refractivity contribution in [2.24, 2.45) is 0 Å². The number of likely N-dealkylation sites (tertiary alicyclic amines) is 1. The zero-order chi connectivity index (χ0) is 20.5. The number of piperidine rings is 1. The van der Waals surface area contributed by atoms with E-state index in [1.165, 1.54) is 11.3 Å². The molecule has 1 fully saturated rings. The minimum Gasteiger partial charge on any atom is -0.373 e. The van der Waals surface area contributed by atoms with E-state index in [1.54, 1.807) is 12.4 Å². The molecule has 154 valence electrons. The van der Waals surface area contributed by atoms with Gasteiger partial charge in [-0.1, -0.05) is 0 Å². The molecule has 2 aromatic heterocycles. The molecule has 4 rings (SSSR count). The van der Waals surface area contributed by atoms with Crippen molar-refractivity contribution in [2.75, 3.05) is 25.5 Å². The third-order valence-corrected chi connectivity index (χ3v) is 6.68. The van der Waals surface area contributed by atoms with Crippen molar-refractivity contribution in [3.8, 4) is 0 Å². The van der Waals surface area contributed by atoms with E-state index in [-0.39, 0.29) is 17.9 Å². The van der Waals surface area contributed by atoms with Gasteiger partial charge in [-0.2, -0.15) is 0 Å². The number of nitrogens with one attached hydrogen (secondary N) is 1. The minimum atomic E-state index is -0.138. The standard InChI is InChI=1S/C20H26N6O2S/c1-12-17(29-11-22-12)20(28)26-8-5-4-6-16(26)19-23-15-7-9-25(13(2)27)10-14(15)18(21-3)24-19/h11,16H,4-10H2,1-3H3,(H,21,23,24)/t16-/m1/s1. The largest absolute Gasteiger partial charge is 0.373 e. The van der Waals surface area contributed by atoms with Gasteiger partial charge in [-0.05, 0) is 26.2 Å². The van der Waals surface area contributed by atoms with E-state index in [2.05, 4.69) is 10.3 Å². The molecule has 2 aliphatic rings. The van der Waals surface area contributed by atoms with Crippen LogP contribution in [-0.2, 0) is 17.8 Å². The molecule has 2 amide bonds. The van der Waals surface area contributed by atoms with Crippen LogP contribution in [0.15, 0.2) is 5.51 Å². The molecule has 9 heteroatoms. The smallest absolute Gasteiger partial charge is 0.266 e. The molecule has 29 heavy (non-hydrogen) atoms. The molecule has 1 atom stereocenters. The summed E-state index contributed by atoms with van der Waals surface area (Å²) in [6, 6.07) is -0.138. The molecule has 1 N–H and O–H groups in total. The Labute approximate surface area is 174 Å². The number of carbonyl (C=O) groups excluding carboxylic acids is 2. The zero-order valence-electron chi connectivity index (χ0n) is 17.1. The van der Waals surface area contributed by atoms with Crippen LogP contribution in [0.4, 0.5) is 5.82 Å². The maximum absolute atomic E-state index is 13.2. The lowest BCUT2D eigenvalue weighted by molar-refractivity contribution is -0.129. The van der Waals surface area contributed by atoms with Crippen molar-refractivity contribution in [2.45, 2.75) is 52.1 Å². The predicted octanol–water partition coefficient (Wildman–Crippen LogP) is 2.56. The Balaban J connectivity index is 1.68. The number of amides is 2. The average molecular weight is 415 g/mol. The van der Waals surface area contributed by atoms with Crippen molar-refractivity contribution in [1.82, 2.24) is 24.8 Å². The van der Waals surface area contributed by atoms with Gasteiger partial charge >= 0.3 is 0 Å². The first-order valence-electron chi connectivity index (χ1n) is 10.0. The van der Waals surface area contributed by atoms with Crippen LogP contribution in [0.5, 0.6) is 0 Å². The Hall–Kier alpha value is -2.55. The molecular weight excluding hydrogens is 388 g/mol. The van der Waals surface area contributed by atoms with Gasteiger partial charge in [0.25, 0.3) is 5.91 Å². The number of aryl methyl sites for hydroxylation is 1. The maximum Gasteiger partial charge on any atom is 0.266 e. The van der Waals surface area contributed by atoms with Crippen LogP contribution < -0.4 is 5.32 Å². The molecule has 0 aliphatic carbocycles. The highest BCUT2D eigenvalue weighted by atomic mass is 32.1. The molecule has 0 unspecified atom stereocenters. The Morgan fingerprint density at radius 3 is 2.76 bits per heavy atom. The predicted molar refractivity (Wildman–Crippen MR) is 111 cm³/mol. The molecule has 1 saturated heterocycles. The van der Waals surface area contributed by atoms with E-state index < -0.39 is 0 Å². The number of carbonyl (C=O) groups is 2. The Kier molecular flexibility index (Phi) is 5.49.